The molecular formula is C16H17FN2O3. The van der Waals surface area contributed by atoms with Crippen LogP contribution >= 0.6 is 0 Å². The molecule has 0 radical (unpaired) electrons. The third-order valence-corrected chi connectivity index (χ3v) is 3.15. The van der Waals surface area contributed by atoms with Crippen LogP contribution in [0.2, 0.25) is 0 Å². The Bertz CT molecular complexity index is 667. The quantitative estimate of drug-likeness (QED) is 0.860. The molecule has 2 aromatic carbocycles. The van der Waals surface area contributed by atoms with E-state index >= 15 is 0 Å². The Morgan fingerprint density at radius 1 is 1.18 bits per heavy atom. The van der Waals surface area contributed by atoms with E-state index in [1.807, 2.05) is 12.1 Å². The Kier molecular flexibility index (Phi) is 4.83. The maximum atomic E-state index is 13.7. The first-order valence-corrected chi connectivity index (χ1v) is 6.59. The van der Waals surface area contributed by atoms with Gasteiger partial charge in [-0.05, 0) is 29.8 Å². The predicted octanol–water partition coefficient (Wildman–Crippen LogP) is 2.55. The summed E-state index contributed by atoms with van der Waals surface area (Å²) in [5.41, 5.74) is 6.26. The third kappa shape index (κ3) is 3.46. The van der Waals surface area contributed by atoms with Gasteiger partial charge in [-0.1, -0.05) is 6.07 Å². The second-order valence-electron chi connectivity index (χ2n) is 4.60. The predicted molar refractivity (Wildman–Crippen MR) is 81.8 cm³/mol. The van der Waals surface area contributed by atoms with Crippen molar-refractivity contribution in [2.45, 2.75) is 6.54 Å². The highest BCUT2D eigenvalue weighted by Crippen LogP contribution is 2.24. The number of ether oxygens (including phenoxy) is 2. The third-order valence-electron chi connectivity index (χ3n) is 3.15. The van der Waals surface area contributed by atoms with Crippen LogP contribution in [-0.4, -0.2) is 20.1 Å². The minimum Gasteiger partial charge on any atom is -0.497 e. The molecule has 0 saturated heterocycles. The summed E-state index contributed by atoms with van der Waals surface area (Å²) in [6, 6.07) is 9.69. The van der Waals surface area contributed by atoms with Gasteiger partial charge in [-0.3, -0.25) is 4.79 Å². The van der Waals surface area contributed by atoms with E-state index in [0.717, 1.165) is 5.56 Å². The molecule has 0 atom stereocenters. The molecule has 0 fully saturated rings. The van der Waals surface area contributed by atoms with Gasteiger partial charge in [0.2, 0.25) is 0 Å². The van der Waals surface area contributed by atoms with Crippen LogP contribution in [0.25, 0.3) is 0 Å². The number of anilines is 1. The van der Waals surface area contributed by atoms with Crippen LogP contribution in [0.1, 0.15) is 15.9 Å². The fraction of sp³-hybridized carbons (Fsp3) is 0.188. The fourth-order valence-electron chi connectivity index (χ4n) is 2.09. The molecule has 116 valence electrons. The maximum Gasteiger partial charge on any atom is 0.253 e. The molecule has 6 heteroatoms. The molecule has 1 amide bonds. The molecule has 0 spiro atoms. The minimum absolute atomic E-state index is 0.155. The average Bonchev–Trinajstić information content (AvgIpc) is 2.52. The highest BCUT2D eigenvalue weighted by atomic mass is 19.1. The zero-order valence-electron chi connectivity index (χ0n) is 12.4. The number of nitrogens with two attached hydrogens (primary N) is 1. The van der Waals surface area contributed by atoms with Crippen LogP contribution in [0.15, 0.2) is 36.4 Å². The lowest BCUT2D eigenvalue weighted by molar-refractivity contribution is 0.0997. The van der Waals surface area contributed by atoms with Gasteiger partial charge in [0.1, 0.15) is 17.3 Å². The van der Waals surface area contributed by atoms with E-state index in [1.54, 1.807) is 26.4 Å². The lowest BCUT2D eigenvalue weighted by Crippen LogP contribution is -2.16. The highest BCUT2D eigenvalue weighted by Gasteiger charge is 2.13. The summed E-state index contributed by atoms with van der Waals surface area (Å²) in [6.07, 6.45) is 0. The lowest BCUT2D eigenvalue weighted by atomic mass is 10.1. The van der Waals surface area contributed by atoms with Crippen LogP contribution in [0, 0.1) is 5.82 Å². The summed E-state index contributed by atoms with van der Waals surface area (Å²) < 4.78 is 24.1. The standard InChI is InChI=1S/C16H17FN2O3/c1-21-11-6-10(7-12(8-11)22-2)9-19-14-5-3-4-13(17)15(14)16(18)20/h3-8,19H,9H2,1-2H3,(H2,18,20). The molecule has 0 heterocycles. The molecule has 2 aromatic rings. The van der Waals surface area contributed by atoms with Crippen LogP contribution in [0.5, 0.6) is 11.5 Å². The normalized spacial score (nSPS) is 10.1. The van der Waals surface area contributed by atoms with E-state index in [2.05, 4.69) is 5.32 Å². The Labute approximate surface area is 127 Å². The first-order chi connectivity index (χ1) is 10.5. The van der Waals surface area contributed by atoms with E-state index in [-0.39, 0.29) is 5.56 Å². The molecule has 0 saturated carbocycles. The largest absolute Gasteiger partial charge is 0.497 e. The Hall–Kier alpha value is -2.76. The number of halogens is 1. The number of primary amides is 1. The van der Waals surface area contributed by atoms with Crippen molar-refractivity contribution < 1.29 is 18.7 Å². The van der Waals surface area contributed by atoms with Gasteiger partial charge in [0, 0.05) is 12.6 Å². The van der Waals surface area contributed by atoms with Gasteiger partial charge in [0.15, 0.2) is 0 Å². The number of hydrogen-bond donors (Lipinski definition) is 2. The van der Waals surface area contributed by atoms with Gasteiger partial charge in [-0.25, -0.2) is 4.39 Å². The van der Waals surface area contributed by atoms with Crippen molar-refractivity contribution in [1.29, 1.82) is 0 Å². The summed E-state index contributed by atoms with van der Waals surface area (Å²) in [4.78, 5) is 11.4. The number of rotatable bonds is 6. The molecule has 0 unspecified atom stereocenters. The smallest absolute Gasteiger partial charge is 0.253 e. The molecular weight excluding hydrogens is 287 g/mol. The second kappa shape index (κ2) is 6.80. The molecule has 0 bridgehead atoms. The lowest BCUT2D eigenvalue weighted by Gasteiger charge is -2.12. The van der Waals surface area contributed by atoms with Gasteiger partial charge in [-0.2, -0.15) is 0 Å². The first kappa shape index (κ1) is 15.6. The summed E-state index contributed by atoms with van der Waals surface area (Å²) in [5, 5.41) is 3.00. The fourth-order valence-corrected chi connectivity index (χ4v) is 2.09. The monoisotopic (exact) mass is 304 g/mol. The van der Waals surface area contributed by atoms with Crippen molar-refractivity contribution in [3.63, 3.8) is 0 Å². The van der Waals surface area contributed by atoms with Gasteiger partial charge in [0.05, 0.1) is 25.5 Å². The Morgan fingerprint density at radius 2 is 1.82 bits per heavy atom. The number of methoxy groups -OCH3 is 2. The van der Waals surface area contributed by atoms with Crippen molar-refractivity contribution >= 4 is 11.6 Å². The highest BCUT2D eigenvalue weighted by molar-refractivity contribution is 5.98. The molecule has 3 N–H and O–H groups in total. The molecule has 0 aromatic heterocycles. The number of amides is 1. The molecule has 2 rings (SSSR count). The Morgan fingerprint density at radius 3 is 2.36 bits per heavy atom. The van der Waals surface area contributed by atoms with E-state index in [1.165, 1.54) is 12.1 Å². The topological polar surface area (TPSA) is 73.6 Å². The zero-order chi connectivity index (χ0) is 16.1. The van der Waals surface area contributed by atoms with Crippen LogP contribution in [0.4, 0.5) is 10.1 Å². The summed E-state index contributed by atoms with van der Waals surface area (Å²) in [7, 11) is 3.12. The Balaban J connectivity index is 2.24. The van der Waals surface area contributed by atoms with Gasteiger partial charge < -0.3 is 20.5 Å². The van der Waals surface area contributed by atoms with Crippen molar-refractivity contribution in [2.24, 2.45) is 5.73 Å². The summed E-state index contributed by atoms with van der Waals surface area (Å²) in [6.45, 7) is 0.358. The molecule has 0 aliphatic heterocycles. The number of hydrogen-bond acceptors (Lipinski definition) is 4. The zero-order valence-corrected chi connectivity index (χ0v) is 12.4. The molecule has 0 aliphatic rings. The van der Waals surface area contributed by atoms with E-state index in [0.29, 0.717) is 23.7 Å². The average molecular weight is 304 g/mol. The van der Waals surface area contributed by atoms with E-state index < -0.39 is 11.7 Å². The molecule has 5 nitrogen and oxygen atoms in total. The van der Waals surface area contributed by atoms with Gasteiger partial charge >= 0.3 is 0 Å². The maximum absolute atomic E-state index is 13.7. The molecule has 22 heavy (non-hydrogen) atoms. The minimum atomic E-state index is -0.816. The van der Waals surface area contributed by atoms with Crippen molar-refractivity contribution in [3.05, 3.63) is 53.3 Å². The number of nitrogens with one attached hydrogen (secondary N) is 1. The van der Waals surface area contributed by atoms with Crippen molar-refractivity contribution in [3.8, 4) is 11.5 Å². The van der Waals surface area contributed by atoms with Gasteiger partial charge in [0.25, 0.3) is 5.91 Å². The van der Waals surface area contributed by atoms with Gasteiger partial charge in [-0.15, -0.1) is 0 Å². The van der Waals surface area contributed by atoms with E-state index in [9.17, 15) is 9.18 Å². The van der Waals surface area contributed by atoms with Crippen LogP contribution in [0.3, 0.4) is 0 Å². The molecule has 0 aliphatic carbocycles. The first-order valence-electron chi connectivity index (χ1n) is 6.59. The van der Waals surface area contributed by atoms with Crippen LogP contribution < -0.4 is 20.5 Å². The van der Waals surface area contributed by atoms with E-state index in [4.69, 9.17) is 15.2 Å². The summed E-state index contributed by atoms with van der Waals surface area (Å²) >= 11 is 0. The SMILES string of the molecule is COc1cc(CNc2cccc(F)c2C(N)=O)cc(OC)c1. The summed E-state index contributed by atoms with van der Waals surface area (Å²) in [5.74, 6) is -0.180. The number of carbonyl (C=O) groups excluding carboxylic acids is 1. The van der Waals surface area contributed by atoms with Crippen molar-refractivity contribution in [2.75, 3.05) is 19.5 Å². The second-order valence-corrected chi connectivity index (χ2v) is 4.60. The van der Waals surface area contributed by atoms with Crippen LogP contribution in [-0.2, 0) is 6.54 Å². The number of carbonyl (C=O) groups is 1. The number of benzene rings is 2. The van der Waals surface area contributed by atoms with Crippen molar-refractivity contribution in [1.82, 2.24) is 0 Å².